The molecule has 6 heteroatoms. The van der Waals surface area contributed by atoms with E-state index in [1.54, 1.807) is 0 Å². The number of nitrogens with zero attached hydrogens (tertiary/aromatic N) is 2. The molecule has 2 fully saturated rings. The minimum absolute atomic E-state index is 0. The lowest BCUT2D eigenvalue weighted by atomic mass is 10.1. The Morgan fingerprint density at radius 2 is 2.21 bits per heavy atom. The highest BCUT2D eigenvalue weighted by atomic mass is 127. The van der Waals surface area contributed by atoms with Crippen LogP contribution in [0.4, 0.5) is 5.69 Å². The molecule has 1 aliphatic heterocycles. The molecule has 0 aromatic heterocycles. The van der Waals surface area contributed by atoms with Crippen molar-refractivity contribution in [3.8, 4) is 0 Å². The number of hydrogen-bond donors (Lipinski definition) is 2. The second-order valence-electron chi connectivity index (χ2n) is 6.76. The first-order valence-electron chi connectivity index (χ1n) is 8.71. The second-order valence-corrected chi connectivity index (χ2v) is 7.68. The van der Waals surface area contributed by atoms with Crippen molar-refractivity contribution in [3.05, 3.63) is 28.7 Å². The van der Waals surface area contributed by atoms with Gasteiger partial charge in [0, 0.05) is 42.4 Å². The summed E-state index contributed by atoms with van der Waals surface area (Å²) in [6.07, 6.45) is 2.49. The van der Waals surface area contributed by atoms with Gasteiger partial charge in [0.25, 0.3) is 0 Å². The summed E-state index contributed by atoms with van der Waals surface area (Å²) in [5, 5.41) is 6.90. The van der Waals surface area contributed by atoms with Gasteiger partial charge in [-0.3, -0.25) is 4.99 Å². The third-order valence-corrected chi connectivity index (χ3v) is 5.24. The number of nitrogens with one attached hydrogen (secondary N) is 2. The van der Waals surface area contributed by atoms with Gasteiger partial charge >= 0.3 is 0 Å². The lowest BCUT2D eigenvalue weighted by Gasteiger charge is -2.19. The van der Waals surface area contributed by atoms with Crippen LogP contribution in [0.1, 0.15) is 26.7 Å². The van der Waals surface area contributed by atoms with Crippen molar-refractivity contribution < 1.29 is 0 Å². The van der Waals surface area contributed by atoms with Crippen LogP contribution in [0.25, 0.3) is 0 Å². The van der Waals surface area contributed by atoms with Crippen molar-refractivity contribution in [2.45, 2.75) is 32.7 Å². The van der Waals surface area contributed by atoms with Gasteiger partial charge in [0.15, 0.2) is 5.96 Å². The summed E-state index contributed by atoms with van der Waals surface area (Å²) >= 11 is 3.56. The van der Waals surface area contributed by atoms with Crippen molar-refractivity contribution in [3.63, 3.8) is 0 Å². The fraction of sp³-hybridized carbons (Fsp3) is 0.611. The molecule has 24 heavy (non-hydrogen) atoms. The molecule has 1 saturated carbocycles. The van der Waals surface area contributed by atoms with Crippen molar-refractivity contribution in [2.24, 2.45) is 16.8 Å². The Labute approximate surface area is 171 Å². The van der Waals surface area contributed by atoms with E-state index in [0.29, 0.717) is 12.0 Å². The van der Waals surface area contributed by atoms with Crippen LogP contribution in [-0.4, -0.2) is 38.2 Å². The molecular formula is C18H28BrIN4. The summed E-state index contributed by atoms with van der Waals surface area (Å²) in [4.78, 5) is 7.28. The van der Waals surface area contributed by atoms with Crippen LogP contribution in [0.2, 0.25) is 0 Å². The first-order chi connectivity index (χ1) is 11.2. The quantitative estimate of drug-likeness (QED) is 0.362. The van der Waals surface area contributed by atoms with E-state index in [1.807, 2.05) is 0 Å². The van der Waals surface area contributed by atoms with Crippen molar-refractivity contribution in [1.29, 1.82) is 0 Å². The van der Waals surface area contributed by atoms with E-state index < -0.39 is 0 Å². The van der Waals surface area contributed by atoms with Gasteiger partial charge in [-0.25, -0.2) is 0 Å². The monoisotopic (exact) mass is 506 g/mol. The summed E-state index contributed by atoms with van der Waals surface area (Å²) in [5.74, 6) is 2.42. The summed E-state index contributed by atoms with van der Waals surface area (Å²) in [6, 6.07) is 9.20. The topological polar surface area (TPSA) is 39.7 Å². The minimum atomic E-state index is 0. The largest absolute Gasteiger partial charge is 0.371 e. The molecule has 0 spiro atoms. The van der Waals surface area contributed by atoms with Gasteiger partial charge in [0.2, 0.25) is 0 Å². The Balaban J connectivity index is 0.00000208. The van der Waals surface area contributed by atoms with Crippen LogP contribution in [0, 0.1) is 11.8 Å². The number of rotatable bonds is 5. The molecule has 1 heterocycles. The average Bonchev–Trinajstić information content (AvgIpc) is 3.03. The number of hydrogen-bond acceptors (Lipinski definition) is 2. The van der Waals surface area contributed by atoms with Crippen LogP contribution < -0.4 is 15.5 Å². The number of anilines is 1. The molecular weight excluding hydrogens is 479 g/mol. The zero-order valence-electron chi connectivity index (χ0n) is 14.5. The third kappa shape index (κ3) is 5.51. The molecule has 3 rings (SSSR count). The zero-order valence-corrected chi connectivity index (χ0v) is 18.4. The number of benzene rings is 1. The third-order valence-electron chi connectivity index (χ3n) is 4.74. The molecule has 3 unspecified atom stereocenters. The highest BCUT2D eigenvalue weighted by molar-refractivity contribution is 14.0. The zero-order chi connectivity index (χ0) is 16.2. The average molecular weight is 507 g/mol. The summed E-state index contributed by atoms with van der Waals surface area (Å²) in [6.45, 7) is 8.45. The van der Waals surface area contributed by atoms with E-state index in [9.17, 15) is 0 Å². The van der Waals surface area contributed by atoms with Gasteiger partial charge in [0.05, 0.1) is 0 Å². The summed E-state index contributed by atoms with van der Waals surface area (Å²) < 4.78 is 1.15. The number of aliphatic imine (C=N–C) groups is 1. The lowest BCUT2D eigenvalue weighted by Crippen LogP contribution is -2.39. The lowest BCUT2D eigenvalue weighted by molar-refractivity contribution is 0.598. The van der Waals surface area contributed by atoms with Crippen LogP contribution in [0.3, 0.4) is 0 Å². The Hall–Kier alpha value is -0.500. The van der Waals surface area contributed by atoms with Crippen LogP contribution >= 0.6 is 39.9 Å². The maximum absolute atomic E-state index is 4.81. The predicted molar refractivity (Wildman–Crippen MR) is 117 cm³/mol. The van der Waals surface area contributed by atoms with Crippen LogP contribution in [0.5, 0.6) is 0 Å². The first kappa shape index (κ1) is 19.8. The molecule has 1 aliphatic carbocycles. The summed E-state index contributed by atoms with van der Waals surface area (Å²) in [5.41, 5.74) is 1.31. The Morgan fingerprint density at radius 3 is 2.88 bits per heavy atom. The van der Waals surface area contributed by atoms with E-state index in [1.165, 1.54) is 18.5 Å². The molecule has 3 atom stereocenters. The fourth-order valence-corrected chi connectivity index (χ4v) is 3.52. The molecule has 134 valence electrons. The smallest absolute Gasteiger partial charge is 0.191 e. The maximum atomic E-state index is 4.81. The summed E-state index contributed by atoms with van der Waals surface area (Å²) in [7, 11) is 0. The van der Waals surface area contributed by atoms with Crippen molar-refractivity contribution >= 4 is 51.6 Å². The van der Waals surface area contributed by atoms with Gasteiger partial charge < -0.3 is 15.5 Å². The standard InChI is InChI=1S/C18H27BrN4.HI/c1-3-20-18(22-17-9-13(17)2)21-11-14-7-8-23(12-14)16-6-4-5-15(19)10-16;/h4-6,10,13-14,17H,3,7-9,11-12H2,1-2H3,(H2,20,21,22);1H. The molecule has 1 aromatic carbocycles. The van der Waals surface area contributed by atoms with E-state index in [-0.39, 0.29) is 24.0 Å². The van der Waals surface area contributed by atoms with Gasteiger partial charge in [-0.05, 0) is 49.8 Å². The first-order valence-corrected chi connectivity index (χ1v) is 9.50. The van der Waals surface area contributed by atoms with Gasteiger partial charge in [-0.15, -0.1) is 24.0 Å². The van der Waals surface area contributed by atoms with Gasteiger partial charge in [0.1, 0.15) is 0 Å². The van der Waals surface area contributed by atoms with Gasteiger partial charge in [-0.1, -0.05) is 28.9 Å². The van der Waals surface area contributed by atoms with Crippen molar-refractivity contribution in [1.82, 2.24) is 10.6 Å². The fourth-order valence-electron chi connectivity index (χ4n) is 3.13. The van der Waals surface area contributed by atoms with E-state index in [4.69, 9.17) is 4.99 Å². The Bertz CT molecular complexity index is 566. The number of halogens is 2. The number of guanidine groups is 1. The van der Waals surface area contributed by atoms with Crippen LogP contribution in [-0.2, 0) is 0 Å². The maximum Gasteiger partial charge on any atom is 0.191 e. The molecule has 1 saturated heterocycles. The molecule has 1 aromatic rings. The van der Waals surface area contributed by atoms with Crippen LogP contribution in [0.15, 0.2) is 33.7 Å². The second kappa shape index (κ2) is 9.27. The highest BCUT2D eigenvalue weighted by Crippen LogP contribution is 2.29. The molecule has 0 radical (unpaired) electrons. The van der Waals surface area contributed by atoms with E-state index >= 15 is 0 Å². The van der Waals surface area contributed by atoms with Gasteiger partial charge in [-0.2, -0.15) is 0 Å². The van der Waals surface area contributed by atoms with Crippen molar-refractivity contribution in [2.75, 3.05) is 31.1 Å². The SMILES string of the molecule is CCNC(=NCC1CCN(c2cccc(Br)c2)C1)NC1CC1C.I. The van der Waals surface area contributed by atoms with E-state index in [2.05, 4.69) is 69.6 Å². The Morgan fingerprint density at radius 1 is 1.42 bits per heavy atom. The molecule has 2 N–H and O–H groups in total. The molecule has 2 aliphatic rings. The Kier molecular flexibility index (Phi) is 7.65. The normalized spacial score (nSPS) is 26.0. The molecule has 0 amide bonds. The highest BCUT2D eigenvalue weighted by Gasteiger charge is 2.33. The predicted octanol–water partition coefficient (Wildman–Crippen LogP) is 3.86. The van der Waals surface area contributed by atoms with E-state index in [0.717, 1.165) is 42.5 Å². The minimum Gasteiger partial charge on any atom is -0.371 e. The molecule has 0 bridgehead atoms. The molecule has 4 nitrogen and oxygen atoms in total.